The molecule has 5 nitrogen and oxygen atoms in total. The molecule has 0 unspecified atom stereocenters. The van der Waals surface area contributed by atoms with Gasteiger partial charge in [0, 0.05) is 11.6 Å². The Kier molecular flexibility index (Phi) is 4.24. The lowest BCUT2D eigenvalue weighted by molar-refractivity contribution is 0.0912. The molecule has 116 valence electrons. The molecule has 0 atom stereocenters. The Morgan fingerprint density at radius 2 is 1.95 bits per heavy atom. The number of nitrogens with one attached hydrogen (secondary N) is 2. The fraction of sp³-hybridized carbons (Fsp3) is 0.412. The van der Waals surface area contributed by atoms with Crippen LogP contribution in [0.1, 0.15) is 28.9 Å². The molecule has 22 heavy (non-hydrogen) atoms. The van der Waals surface area contributed by atoms with Crippen LogP contribution in [0.15, 0.2) is 30.3 Å². The van der Waals surface area contributed by atoms with E-state index < -0.39 is 0 Å². The number of carbonyl (C=O) groups is 1. The molecule has 2 heterocycles. The van der Waals surface area contributed by atoms with Gasteiger partial charge < -0.3 is 10.2 Å². The predicted octanol–water partition coefficient (Wildman–Crippen LogP) is 2.21. The molecule has 0 radical (unpaired) electrons. The largest absolute Gasteiger partial charge is 0.348 e. The van der Waals surface area contributed by atoms with Crippen molar-refractivity contribution in [1.82, 2.24) is 20.4 Å². The van der Waals surface area contributed by atoms with Gasteiger partial charge in [0.05, 0.1) is 5.69 Å². The monoisotopic (exact) mass is 298 g/mol. The number of rotatable bonds is 3. The van der Waals surface area contributed by atoms with Crippen LogP contribution in [0.25, 0.3) is 11.3 Å². The molecule has 3 rings (SSSR count). The van der Waals surface area contributed by atoms with Crippen LogP contribution in [0.3, 0.4) is 0 Å². The van der Waals surface area contributed by atoms with E-state index in [2.05, 4.69) is 34.4 Å². The summed E-state index contributed by atoms with van der Waals surface area (Å²) in [5.74, 6) is -0.0691. The third kappa shape index (κ3) is 3.36. The Morgan fingerprint density at radius 1 is 1.27 bits per heavy atom. The van der Waals surface area contributed by atoms with Crippen molar-refractivity contribution in [3.63, 3.8) is 0 Å². The molecule has 2 N–H and O–H groups in total. The lowest BCUT2D eigenvalue weighted by atomic mass is 10.1. The number of aryl methyl sites for hydroxylation is 1. The van der Waals surface area contributed by atoms with Gasteiger partial charge in [-0.1, -0.05) is 29.8 Å². The minimum Gasteiger partial charge on any atom is -0.348 e. The highest BCUT2D eigenvalue weighted by Gasteiger charge is 2.20. The van der Waals surface area contributed by atoms with E-state index in [1.54, 1.807) is 0 Å². The summed E-state index contributed by atoms with van der Waals surface area (Å²) >= 11 is 0. The number of piperidine rings is 1. The molecule has 5 heteroatoms. The SMILES string of the molecule is Cc1ccc(-c2cc(C(=O)NC3CCN(C)CC3)[nH]n2)cc1. The summed E-state index contributed by atoms with van der Waals surface area (Å²) in [4.78, 5) is 14.6. The van der Waals surface area contributed by atoms with E-state index >= 15 is 0 Å². The summed E-state index contributed by atoms with van der Waals surface area (Å²) in [6.45, 7) is 4.11. The van der Waals surface area contributed by atoms with Crippen molar-refractivity contribution in [2.75, 3.05) is 20.1 Å². The third-order valence-electron chi connectivity index (χ3n) is 4.22. The Hall–Kier alpha value is -2.14. The lowest BCUT2D eigenvalue weighted by Crippen LogP contribution is -2.43. The maximum absolute atomic E-state index is 12.3. The van der Waals surface area contributed by atoms with E-state index in [1.165, 1.54) is 5.56 Å². The molecule has 2 aromatic rings. The first kappa shape index (κ1) is 14.8. The van der Waals surface area contributed by atoms with Crippen LogP contribution >= 0.6 is 0 Å². The van der Waals surface area contributed by atoms with Gasteiger partial charge in [0.25, 0.3) is 5.91 Å². The molecule has 0 spiro atoms. The summed E-state index contributed by atoms with van der Waals surface area (Å²) < 4.78 is 0. The van der Waals surface area contributed by atoms with E-state index in [0.29, 0.717) is 5.69 Å². The fourth-order valence-electron chi connectivity index (χ4n) is 2.73. The quantitative estimate of drug-likeness (QED) is 0.913. The number of aromatic nitrogens is 2. The number of nitrogens with zero attached hydrogens (tertiary/aromatic N) is 2. The molecular weight excluding hydrogens is 276 g/mol. The zero-order valence-corrected chi connectivity index (χ0v) is 13.1. The van der Waals surface area contributed by atoms with Crippen molar-refractivity contribution in [2.24, 2.45) is 0 Å². The third-order valence-corrected chi connectivity index (χ3v) is 4.22. The second-order valence-electron chi connectivity index (χ2n) is 6.08. The molecule has 1 fully saturated rings. The van der Waals surface area contributed by atoms with Crippen molar-refractivity contribution in [3.8, 4) is 11.3 Å². The van der Waals surface area contributed by atoms with E-state index in [0.717, 1.165) is 37.2 Å². The zero-order valence-electron chi connectivity index (χ0n) is 13.1. The molecule has 0 saturated carbocycles. The van der Waals surface area contributed by atoms with E-state index in [1.807, 2.05) is 30.3 Å². The van der Waals surface area contributed by atoms with Gasteiger partial charge in [0.2, 0.25) is 0 Å². The van der Waals surface area contributed by atoms with Crippen molar-refractivity contribution < 1.29 is 4.79 Å². The second-order valence-corrected chi connectivity index (χ2v) is 6.08. The van der Waals surface area contributed by atoms with Crippen LogP contribution in [-0.2, 0) is 0 Å². The Balaban J connectivity index is 1.65. The molecule has 1 aromatic carbocycles. The smallest absolute Gasteiger partial charge is 0.269 e. The summed E-state index contributed by atoms with van der Waals surface area (Å²) in [6.07, 6.45) is 2.00. The van der Waals surface area contributed by atoms with E-state index in [9.17, 15) is 4.79 Å². The van der Waals surface area contributed by atoms with Crippen molar-refractivity contribution in [1.29, 1.82) is 0 Å². The first-order valence-electron chi connectivity index (χ1n) is 7.73. The summed E-state index contributed by atoms with van der Waals surface area (Å²) in [6, 6.07) is 10.2. The average Bonchev–Trinajstić information content (AvgIpc) is 3.00. The lowest BCUT2D eigenvalue weighted by Gasteiger charge is -2.29. The number of carbonyl (C=O) groups excluding carboxylic acids is 1. The molecule has 1 saturated heterocycles. The maximum Gasteiger partial charge on any atom is 0.269 e. The van der Waals surface area contributed by atoms with Gasteiger partial charge in [0.15, 0.2) is 0 Å². The number of likely N-dealkylation sites (tertiary alicyclic amines) is 1. The highest BCUT2D eigenvalue weighted by atomic mass is 16.2. The molecule has 1 aromatic heterocycles. The Morgan fingerprint density at radius 3 is 2.64 bits per heavy atom. The van der Waals surface area contributed by atoms with Gasteiger partial charge in [0.1, 0.15) is 5.69 Å². The van der Waals surface area contributed by atoms with Gasteiger partial charge in [-0.25, -0.2) is 0 Å². The molecular formula is C17H22N4O. The number of hydrogen-bond acceptors (Lipinski definition) is 3. The molecule has 0 bridgehead atoms. The van der Waals surface area contributed by atoms with Gasteiger partial charge in [-0.3, -0.25) is 9.89 Å². The minimum atomic E-state index is -0.0691. The van der Waals surface area contributed by atoms with Crippen LogP contribution in [-0.4, -0.2) is 47.2 Å². The van der Waals surface area contributed by atoms with Gasteiger partial charge in [-0.15, -0.1) is 0 Å². The summed E-state index contributed by atoms with van der Waals surface area (Å²) in [5.41, 5.74) is 3.54. The first-order chi connectivity index (χ1) is 10.6. The Labute approximate surface area is 130 Å². The second kappa shape index (κ2) is 6.32. The average molecular weight is 298 g/mol. The van der Waals surface area contributed by atoms with Gasteiger partial charge in [-0.05, 0) is 46.0 Å². The van der Waals surface area contributed by atoms with E-state index in [4.69, 9.17) is 0 Å². The topological polar surface area (TPSA) is 61.0 Å². The summed E-state index contributed by atoms with van der Waals surface area (Å²) in [5, 5.41) is 10.2. The highest BCUT2D eigenvalue weighted by molar-refractivity contribution is 5.93. The fourth-order valence-corrected chi connectivity index (χ4v) is 2.73. The molecule has 0 aliphatic carbocycles. The number of hydrogen-bond donors (Lipinski definition) is 2. The van der Waals surface area contributed by atoms with Crippen molar-refractivity contribution in [2.45, 2.75) is 25.8 Å². The van der Waals surface area contributed by atoms with Crippen LogP contribution in [0, 0.1) is 6.92 Å². The highest BCUT2D eigenvalue weighted by Crippen LogP contribution is 2.18. The van der Waals surface area contributed by atoms with Crippen molar-refractivity contribution >= 4 is 5.91 Å². The van der Waals surface area contributed by atoms with Crippen LogP contribution in [0.2, 0.25) is 0 Å². The number of benzene rings is 1. The Bertz CT molecular complexity index is 639. The number of H-pyrrole nitrogens is 1. The van der Waals surface area contributed by atoms with Gasteiger partial charge in [-0.2, -0.15) is 5.10 Å². The number of amides is 1. The minimum absolute atomic E-state index is 0.0691. The van der Waals surface area contributed by atoms with Crippen LogP contribution in [0.4, 0.5) is 0 Å². The normalized spacial score (nSPS) is 16.6. The van der Waals surface area contributed by atoms with Gasteiger partial charge >= 0.3 is 0 Å². The summed E-state index contributed by atoms with van der Waals surface area (Å²) in [7, 11) is 2.11. The standard InChI is InChI=1S/C17H22N4O/c1-12-3-5-13(6-4-12)15-11-16(20-19-15)17(22)18-14-7-9-21(2)10-8-14/h3-6,11,14H,7-10H2,1-2H3,(H,18,22)(H,19,20). The predicted molar refractivity (Wildman–Crippen MR) is 86.7 cm³/mol. The van der Waals surface area contributed by atoms with E-state index in [-0.39, 0.29) is 11.9 Å². The van der Waals surface area contributed by atoms with Crippen LogP contribution < -0.4 is 5.32 Å². The molecule has 1 aliphatic rings. The van der Waals surface area contributed by atoms with Crippen molar-refractivity contribution in [3.05, 3.63) is 41.6 Å². The molecule has 1 amide bonds. The maximum atomic E-state index is 12.3. The molecule has 1 aliphatic heterocycles. The first-order valence-corrected chi connectivity index (χ1v) is 7.73. The van der Waals surface area contributed by atoms with Crippen LogP contribution in [0.5, 0.6) is 0 Å². The zero-order chi connectivity index (χ0) is 15.5. The number of aromatic amines is 1.